The first-order valence-corrected chi connectivity index (χ1v) is 7.24. The second-order valence-electron chi connectivity index (χ2n) is 5.52. The smallest absolute Gasteiger partial charge is 0.256 e. The number of nitrogens with one attached hydrogen (secondary N) is 1. The summed E-state index contributed by atoms with van der Waals surface area (Å²) >= 11 is 0. The summed E-state index contributed by atoms with van der Waals surface area (Å²) in [6.45, 7) is 6.60. The van der Waals surface area contributed by atoms with Gasteiger partial charge in [0.15, 0.2) is 5.65 Å². The van der Waals surface area contributed by atoms with Gasteiger partial charge in [-0.05, 0) is 38.7 Å². The Kier molecular flexibility index (Phi) is 4.90. The average Bonchev–Trinajstić information content (AvgIpc) is 2.87. The molecule has 2 aromatic heterocycles. The maximum atomic E-state index is 12.2. The monoisotopic (exact) mass is 290 g/mol. The van der Waals surface area contributed by atoms with Crippen LogP contribution < -0.4 is 5.32 Å². The van der Waals surface area contributed by atoms with E-state index in [2.05, 4.69) is 15.4 Å². The lowest BCUT2D eigenvalue weighted by Crippen LogP contribution is -2.25. The first-order chi connectivity index (χ1) is 10.0. The van der Waals surface area contributed by atoms with Gasteiger partial charge in [-0.1, -0.05) is 6.92 Å². The summed E-state index contributed by atoms with van der Waals surface area (Å²) in [6.07, 6.45) is 3.29. The van der Waals surface area contributed by atoms with Crippen molar-refractivity contribution in [3.8, 4) is 0 Å². The third kappa shape index (κ3) is 3.58. The summed E-state index contributed by atoms with van der Waals surface area (Å²) in [7, 11) is 0. The molecule has 6 heteroatoms. The number of nitrogens with zero attached hydrogens (tertiary/aromatic N) is 3. The summed E-state index contributed by atoms with van der Waals surface area (Å²) in [5.41, 5.74) is 2.91. The lowest BCUT2D eigenvalue weighted by Gasteiger charge is -2.08. The SMILES string of the molecule is Cc1cc(C)n2ncc(C(=O)NCCCC(C)CO)c2n1. The summed E-state index contributed by atoms with van der Waals surface area (Å²) < 4.78 is 1.68. The van der Waals surface area contributed by atoms with Gasteiger partial charge in [0.2, 0.25) is 0 Å². The van der Waals surface area contributed by atoms with Gasteiger partial charge >= 0.3 is 0 Å². The van der Waals surface area contributed by atoms with E-state index in [0.717, 1.165) is 24.2 Å². The van der Waals surface area contributed by atoms with E-state index in [1.165, 1.54) is 0 Å². The number of carbonyl (C=O) groups is 1. The average molecular weight is 290 g/mol. The van der Waals surface area contributed by atoms with Crippen molar-refractivity contribution in [3.05, 3.63) is 29.2 Å². The minimum Gasteiger partial charge on any atom is -0.396 e. The zero-order chi connectivity index (χ0) is 15.4. The Morgan fingerprint density at radius 1 is 1.48 bits per heavy atom. The number of rotatable bonds is 6. The van der Waals surface area contributed by atoms with Crippen LogP contribution in [0.25, 0.3) is 5.65 Å². The lowest BCUT2D eigenvalue weighted by atomic mass is 10.1. The first kappa shape index (κ1) is 15.4. The molecule has 0 bridgehead atoms. The van der Waals surface area contributed by atoms with Crippen molar-refractivity contribution < 1.29 is 9.90 Å². The van der Waals surface area contributed by atoms with Gasteiger partial charge in [-0.25, -0.2) is 9.50 Å². The van der Waals surface area contributed by atoms with E-state index < -0.39 is 0 Å². The number of aliphatic hydroxyl groups is 1. The quantitative estimate of drug-likeness (QED) is 0.790. The number of aromatic nitrogens is 3. The van der Waals surface area contributed by atoms with E-state index in [0.29, 0.717) is 17.8 Å². The Balaban J connectivity index is 2.03. The predicted molar refractivity (Wildman–Crippen MR) is 80.3 cm³/mol. The molecular weight excluding hydrogens is 268 g/mol. The second-order valence-corrected chi connectivity index (χ2v) is 5.52. The molecule has 0 saturated heterocycles. The first-order valence-electron chi connectivity index (χ1n) is 7.24. The maximum absolute atomic E-state index is 12.2. The summed E-state index contributed by atoms with van der Waals surface area (Å²) in [4.78, 5) is 16.6. The van der Waals surface area contributed by atoms with Crippen molar-refractivity contribution in [1.29, 1.82) is 0 Å². The molecule has 0 aliphatic heterocycles. The van der Waals surface area contributed by atoms with E-state index in [4.69, 9.17) is 5.11 Å². The minimum absolute atomic E-state index is 0.154. The fourth-order valence-corrected chi connectivity index (χ4v) is 2.27. The fourth-order valence-electron chi connectivity index (χ4n) is 2.27. The van der Waals surface area contributed by atoms with Crippen molar-refractivity contribution in [1.82, 2.24) is 19.9 Å². The van der Waals surface area contributed by atoms with E-state index in [1.54, 1.807) is 10.7 Å². The van der Waals surface area contributed by atoms with Gasteiger partial charge in [0.05, 0.1) is 6.20 Å². The van der Waals surface area contributed by atoms with Gasteiger partial charge in [0.25, 0.3) is 5.91 Å². The number of aliphatic hydroxyl groups excluding tert-OH is 1. The molecule has 0 radical (unpaired) electrons. The topological polar surface area (TPSA) is 79.5 Å². The molecule has 6 nitrogen and oxygen atoms in total. The van der Waals surface area contributed by atoms with E-state index in [-0.39, 0.29) is 18.4 Å². The van der Waals surface area contributed by atoms with E-state index in [9.17, 15) is 4.79 Å². The zero-order valence-electron chi connectivity index (χ0n) is 12.8. The van der Waals surface area contributed by atoms with Crippen LogP contribution in [-0.4, -0.2) is 38.8 Å². The van der Waals surface area contributed by atoms with Crippen molar-refractivity contribution >= 4 is 11.6 Å². The Morgan fingerprint density at radius 2 is 2.24 bits per heavy atom. The van der Waals surface area contributed by atoms with Crippen molar-refractivity contribution in [3.63, 3.8) is 0 Å². The van der Waals surface area contributed by atoms with Gasteiger partial charge in [-0.3, -0.25) is 4.79 Å². The Bertz CT molecular complexity index is 636. The summed E-state index contributed by atoms with van der Waals surface area (Å²) in [5, 5.41) is 16.0. The molecule has 0 aliphatic rings. The molecule has 0 spiro atoms. The molecule has 0 aromatic carbocycles. The van der Waals surface area contributed by atoms with Crippen LogP contribution in [-0.2, 0) is 0 Å². The Morgan fingerprint density at radius 3 is 2.95 bits per heavy atom. The molecule has 21 heavy (non-hydrogen) atoms. The highest BCUT2D eigenvalue weighted by Crippen LogP contribution is 2.12. The predicted octanol–water partition coefficient (Wildman–Crippen LogP) is 1.48. The molecule has 2 heterocycles. The lowest BCUT2D eigenvalue weighted by molar-refractivity contribution is 0.0953. The number of carbonyl (C=O) groups excluding carboxylic acids is 1. The van der Waals surface area contributed by atoms with Crippen LogP contribution in [0.5, 0.6) is 0 Å². The molecule has 0 aliphatic carbocycles. The highest BCUT2D eigenvalue weighted by molar-refractivity contribution is 5.99. The third-order valence-corrected chi connectivity index (χ3v) is 3.49. The molecule has 1 unspecified atom stereocenters. The van der Waals surface area contributed by atoms with Crippen LogP contribution in [0.2, 0.25) is 0 Å². The third-order valence-electron chi connectivity index (χ3n) is 3.49. The van der Waals surface area contributed by atoms with Crippen LogP contribution in [0.1, 0.15) is 41.5 Å². The number of hydrogen-bond acceptors (Lipinski definition) is 4. The molecule has 2 aromatic rings. The molecule has 2 rings (SSSR count). The molecule has 1 amide bonds. The Labute approximate surface area is 124 Å². The van der Waals surface area contributed by atoms with Crippen LogP contribution in [0, 0.1) is 19.8 Å². The molecule has 0 saturated carbocycles. The van der Waals surface area contributed by atoms with Crippen LogP contribution in [0.3, 0.4) is 0 Å². The Hall–Kier alpha value is -1.95. The molecule has 2 N–H and O–H groups in total. The maximum Gasteiger partial charge on any atom is 0.256 e. The van der Waals surface area contributed by atoms with E-state index >= 15 is 0 Å². The van der Waals surface area contributed by atoms with Gasteiger partial charge < -0.3 is 10.4 Å². The van der Waals surface area contributed by atoms with Crippen LogP contribution in [0.15, 0.2) is 12.3 Å². The summed E-state index contributed by atoms with van der Waals surface area (Å²) in [6, 6.07) is 1.93. The second kappa shape index (κ2) is 6.67. The standard InChI is InChI=1S/C15H22N4O2/c1-10(9-20)5-4-6-16-15(21)13-8-17-19-12(3)7-11(2)18-14(13)19/h7-8,10,20H,4-6,9H2,1-3H3,(H,16,21). The van der Waals surface area contributed by atoms with Crippen molar-refractivity contribution in [2.24, 2.45) is 5.92 Å². The highest BCUT2D eigenvalue weighted by Gasteiger charge is 2.15. The molecule has 1 atom stereocenters. The summed E-state index contributed by atoms with van der Waals surface area (Å²) in [5.74, 6) is 0.116. The normalized spacial score (nSPS) is 12.6. The molecule has 114 valence electrons. The van der Waals surface area contributed by atoms with Gasteiger partial charge in [0, 0.05) is 24.5 Å². The molecule has 0 fully saturated rings. The van der Waals surface area contributed by atoms with Crippen LogP contribution >= 0.6 is 0 Å². The zero-order valence-corrected chi connectivity index (χ0v) is 12.8. The van der Waals surface area contributed by atoms with Crippen LogP contribution in [0.4, 0.5) is 0 Å². The number of fused-ring (bicyclic) bond motifs is 1. The largest absolute Gasteiger partial charge is 0.396 e. The highest BCUT2D eigenvalue weighted by atomic mass is 16.3. The number of amides is 1. The van der Waals surface area contributed by atoms with Crippen molar-refractivity contribution in [2.45, 2.75) is 33.6 Å². The van der Waals surface area contributed by atoms with E-state index in [1.807, 2.05) is 26.8 Å². The van der Waals surface area contributed by atoms with Gasteiger partial charge in [-0.15, -0.1) is 0 Å². The van der Waals surface area contributed by atoms with Gasteiger partial charge in [0.1, 0.15) is 5.56 Å². The molecular formula is C15H22N4O2. The number of aryl methyl sites for hydroxylation is 2. The minimum atomic E-state index is -0.154. The fraction of sp³-hybridized carbons (Fsp3) is 0.533. The van der Waals surface area contributed by atoms with Crippen molar-refractivity contribution in [2.75, 3.05) is 13.2 Å². The van der Waals surface area contributed by atoms with Gasteiger partial charge in [-0.2, -0.15) is 5.10 Å². The number of hydrogen-bond donors (Lipinski definition) is 2.